The van der Waals surface area contributed by atoms with Crippen molar-refractivity contribution in [3.05, 3.63) is 28.0 Å². The number of hydrogen-bond acceptors (Lipinski definition) is 4. The van der Waals surface area contributed by atoms with Crippen molar-refractivity contribution in [1.29, 1.82) is 0 Å². The van der Waals surface area contributed by atoms with Crippen molar-refractivity contribution < 1.29 is 9.53 Å². The Morgan fingerprint density at radius 1 is 1.47 bits per heavy atom. The van der Waals surface area contributed by atoms with E-state index in [4.69, 9.17) is 27.9 Å². The summed E-state index contributed by atoms with van der Waals surface area (Å²) in [7, 11) is 0. The topological polar surface area (TPSA) is 51.2 Å². The number of pyridine rings is 1. The quantitative estimate of drug-likeness (QED) is 0.685. The molecule has 0 aromatic carbocycles. The summed E-state index contributed by atoms with van der Waals surface area (Å²) >= 11 is 11.5. The minimum Gasteiger partial charge on any atom is -0.459 e. The van der Waals surface area contributed by atoms with E-state index in [1.807, 2.05) is 6.92 Å². The van der Waals surface area contributed by atoms with Crippen molar-refractivity contribution in [3.8, 4) is 0 Å². The minimum absolute atomic E-state index is 0. The fraction of sp³-hybridized carbons (Fsp3) is 0.500. The van der Waals surface area contributed by atoms with E-state index in [0.717, 1.165) is 24.9 Å². The Morgan fingerprint density at radius 3 is 2.63 bits per heavy atom. The van der Waals surface area contributed by atoms with Crippen LogP contribution in [0.3, 0.4) is 0 Å². The molecule has 7 heteroatoms. The van der Waals surface area contributed by atoms with Gasteiger partial charge in [-0.3, -0.25) is 4.79 Å². The molecule has 1 aromatic heterocycles. The highest BCUT2D eigenvalue weighted by molar-refractivity contribution is 6.32. The molecule has 1 N–H and O–H groups in total. The van der Waals surface area contributed by atoms with Crippen molar-refractivity contribution in [2.24, 2.45) is 0 Å². The first-order valence-corrected chi connectivity index (χ1v) is 6.49. The van der Waals surface area contributed by atoms with Crippen molar-refractivity contribution in [3.63, 3.8) is 0 Å². The van der Waals surface area contributed by atoms with Crippen molar-refractivity contribution in [2.75, 3.05) is 6.54 Å². The number of esters is 1. The average Bonchev–Trinajstić information content (AvgIpc) is 2.73. The predicted octanol–water partition coefficient (Wildman–Crippen LogP) is 3.00. The van der Waals surface area contributed by atoms with Crippen LogP contribution in [-0.4, -0.2) is 23.0 Å². The van der Waals surface area contributed by atoms with Gasteiger partial charge in [0.05, 0.1) is 0 Å². The maximum Gasteiger partial charge on any atom is 0.326 e. The van der Waals surface area contributed by atoms with Gasteiger partial charge in [0.15, 0.2) is 0 Å². The zero-order valence-electron chi connectivity index (χ0n) is 10.4. The van der Waals surface area contributed by atoms with E-state index in [0.29, 0.717) is 10.3 Å². The van der Waals surface area contributed by atoms with E-state index in [2.05, 4.69) is 10.3 Å². The van der Waals surface area contributed by atoms with E-state index in [-0.39, 0.29) is 25.0 Å². The Balaban J connectivity index is 0.00000180. The summed E-state index contributed by atoms with van der Waals surface area (Å²) in [5, 5.41) is 3.73. The summed E-state index contributed by atoms with van der Waals surface area (Å²) in [6.07, 6.45) is 1.78. The summed E-state index contributed by atoms with van der Waals surface area (Å²) in [5.41, 5.74) is 0.163. The second-order valence-corrected chi connectivity index (χ2v) is 5.33. The normalized spacial score (nSPS) is 21.8. The lowest BCUT2D eigenvalue weighted by atomic mass is 10.0. The molecule has 19 heavy (non-hydrogen) atoms. The van der Waals surface area contributed by atoms with Crippen LogP contribution >= 0.6 is 35.6 Å². The molecule has 0 spiro atoms. The fourth-order valence-corrected chi connectivity index (χ4v) is 2.48. The third-order valence-electron chi connectivity index (χ3n) is 3.01. The Bertz CT molecular complexity index is 442. The maximum atomic E-state index is 11.9. The molecule has 1 aliphatic heterocycles. The largest absolute Gasteiger partial charge is 0.459 e. The van der Waals surface area contributed by atoms with Gasteiger partial charge in [-0.1, -0.05) is 23.2 Å². The summed E-state index contributed by atoms with van der Waals surface area (Å²) in [6.45, 7) is 2.85. The van der Waals surface area contributed by atoms with E-state index in [1.165, 1.54) is 0 Å². The van der Waals surface area contributed by atoms with Crippen LogP contribution in [0.25, 0.3) is 0 Å². The molecule has 1 atom stereocenters. The lowest BCUT2D eigenvalue weighted by molar-refractivity contribution is -0.151. The van der Waals surface area contributed by atoms with Gasteiger partial charge >= 0.3 is 5.97 Å². The highest BCUT2D eigenvalue weighted by Gasteiger charge is 2.37. The molecule has 0 bridgehead atoms. The Morgan fingerprint density at radius 2 is 2.11 bits per heavy atom. The maximum absolute atomic E-state index is 11.9. The molecule has 0 unspecified atom stereocenters. The molecule has 0 radical (unpaired) electrons. The number of carbonyl (C=O) groups excluding carboxylic acids is 1. The smallest absolute Gasteiger partial charge is 0.326 e. The molecule has 4 nitrogen and oxygen atoms in total. The van der Waals surface area contributed by atoms with Crippen LogP contribution in [-0.2, 0) is 16.1 Å². The lowest BCUT2D eigenvalue weighted by Crippen LogP contribution is -2.45. The van der Waals surface area contributed by atoms with E-state index in [1.54, 1.807) is 12.1 Å². The molecular formula is C12H15Cl3N2O2. The standard InChI is InChI=1S/C12H14Cl2N2O2.ClH/c1-12(3-2-4-15-12)11(17)18-7-8-5-9(13)16-10(14)6-8;/h5-6,15H,2-4,7H2,1H3;1H/t12-;/m0./s1. The SMILES string of the molecule is C[C@@]1(C(=O)OCc2cc(Cl)nc(Cl)c2)CCCN1.Cl. The van der Waals surface area contributed by atoms with Gasteiger partial charge in [0.25, 0.3) is 0 Å². The van der Waals surface area contributed by atoms with E-state index >= 15 is 0 Å². The molecule has 2 rings (SSSR count). The van der Waals surface area contributed by atoms with Gasteiger partial charge in [-0.2, -0.15) is 0 Å². The minimum atomic E-state index is -0.569. The number of hydrogen-bond donors (Lipinski definition) is 1. The van der Waals surface area contributed by atoms with Crippen LogP contribution in [0, 0.1) is 0 Å². The Kier molecular flexibility index (Phi) is 5.86. The lowest BCUT2D eigenvalue weighted by Gasteiger charge is -2.21. The third-order valence-corrected chi connectivity index (χ3v) is 3.40. The summed E-state index contributed by atoms with van der Waals surface area (Å²) in [5.74, 6) is -0.246. The second kappa shape index (κ2) is 6.75. The van der Waals surface area contributed by atoms with Crippen molar-refractivity contribution >= 4 is 41.6 Å². The van der Waals surface area contributed by atoms with Crippen molar-refractivity contribution in [2.45, 2.75) is 31.9 Å². The van der Waals surface area contributed by atoms with Gasteiger partial charge in [-0.15, -0.1) is 12.4 Å². The first kappa shape index (κ1) is 16.5. The van der Waals surface area contributed by atoms with Crippen LogP contribution in [0.4, 0.5) is 0 Å². The van der Waals surface area contributed by atoms with E-state index < -0.39 is 5.54 Å². The fourth-order valence-electron chi connectivity index (χ4n) is 1.97. The van der Waals surface area contributed by atoms with Gasteiger partial charge in [0.2, 0.25) is 0 Å². The van der Waals surface area contributed by atoms with Gasteiger partial charge in [0, 0.05) is 0 Å². The van der Waals surface area contributed by atoms with Crippen LogP contribution in [0.5, 0.6) is 0 Å². The predicted molar refractivity (Wildman–Crippen MR) is 76.9 cm³/mol. The number of carbonyl (C=O) groups is 1. The zero-order chi connectivity index (χ0) is 13.2. The highest BCUT2D eigenvalue weighted by Crippen LogP contribution is 2.21. The number of aromatic nitrogens is 1. The summed E-state index contributed by atoms with van der Waals surface area (Å²) in [6, 6.07) is 3.26. The summed E-state index contributed by atoms with van der Waals surface area (Å²) in [4.78, 5) is 15.8. The number of ether oxygens (including phenoxy) is 1. The molecule has 0 amide bonds. The van der Waals surface area contributed by atoms with Crippen LogP contribution in [0.2, 0.25) is 10.3 Å². The number of nitrogens with zero attached hydrogens (tertiary/aromatic N) is 1. The van der Waals surface area contributed by atoms with Gasteiger partial charge in [-0.25, -0.2) is 4.98 Å². The molecule has 106 valence electrons. The van der Waals surface area contributed by atoms with Gasteiger partial charge in [-0.05, 0) is 44.0 Å². The van der Waals surface area contributed by atoms with Crippen LogP contribution < -0.4 is 5.32 Å². The molecule has 1 aromatic rings. The molecule has 1 fully saturated rings. The summed E-state index contributed by atoms with van der Waals surface area (Å²) < 4.78 is 5.28. The average molecular weight is 326 g/mol. The first-order valence-electron chi connectivity index (χ1n) is 5.74. The number of rotatable bonds is 3. The monoisotopic (exact) mass is 324 g/mol. The van der Waals surface area contributed by atoms with Gasteiger partial charge < -0.3 is 10.1 Å². The van der Waals surface area contributed by atoms with Crippen LogP contribution in [0.15, 0.2) is 12.1 Å². The molecule has 2 heterocycles. The van der Waals surface area contributed by atoms with E-state index in [9.17, 15) is 4.79 Å². The molecule has 1 saturated heterocycles. The second-order valence-electron chi connectivity index (χ2n) is 4.56. The third kappa shape index (κ3) is 4.21. The Labute approximate surface area is 128 Å². The molecule has 1 aliphatic rings. The molecule has 0 saturated carbocycles. The Hall–Kier alpha value is -0.550. The first-order chi connectivity index (χ1) is 8.49. The number of nitrogens with one attached hydrogen (secondary N) is 1. The van der Waals surface area contributed by atoms with Gasteiger partial charge in [0.1, 0.15) is 22.5 Å². The molecular weight excluding hydrogens is 311 g/mol. The number of halogens is 3. The zero-order valence-corrected chi connectivity index (χ0v) is 12.7. The molecule has 0 aliphatic carbocycles. The van der Waals surface area contributed by atoms with Crippen molar-refractivity contribution in [1.82, 2.24) is 10.3 Å². The van der Waals surface area contributed by atoms with Crippen LogP contribution in [0.1, 0.15) is 25.3 Å². The highest BCUT2D eigenvalue weighted by atomic mass is 35.5.